The van der Waals surface area contributed by atoms with E-state index in [0.717, 1.165) is 16.0 Å². The van der Waals surface area contributed by atoms with E-state index in [9.17, 15) is 4.79 Å². The number of Topliss-reactive ketones (excluding diaryl/α,β-unsaturated/α-hetero) is 1. The van der Waals surface area contributed by atoms with Crippen molar-refractivity contribution in [3.05, 3.63) is 123 Å². The molecule has 6 rings (SSSR count). The summed E-state index contributed by atoms with van der Waals surface area (Å²) in [6.45, 7) is 4.61. The van der Waals surface area contributed by atoms with Crippen molar-refractivity contribution in [2.75, 3.05) is 11.9 Å². The van der Waals surface area contributed by atoms with E-state index in [0.29, 0.717) is 0 Å². The molecule has 1 spiro atoms. The van der Waals surface area contributed by atoms with Crippen molar-refractivity contribution in [3.63, 3.8) is 0 Å². The van der Waals surface area contributed by atoms with Gasteiger partial charge in [0, 0.05) is 23.0 Å². The van der Waals surface area contributed by atoms with Crippen LogP contribution in [0.3, 0.4) is 0 Å². The third kappa shape index (κ3) is 3.17. The molecule has 3 heterocycles. The molecule has 174 valence electrons. The molecular weight excluding hydrogens is 466 g/mol. The monoisotopic (exact) mass is 493 g/mol. The van der Waals surface area contributed by atoms with Gasteiger partial charge < -0.3 is 4.90 Å². The normalized spacial score (nSPS) is 22.6. The summed E-state index contributed by atoms with van der Waals surface area (Å²) in [6, 6.07) is 27.3. The van der Waals surface area contributed by atoms with Crippen LogP contribution in [0.25, 0.3) is 11.1 Å². The Morgan fingerprint density at radius 1 is 0.857 bits per heavy atom. The lowest BCUT2D eigenvalue weighted by Gasteiger charge is -2.52. The van der Waals surface area contributed by atoms with E-state index in [-0.39, 0.29) is 17.1 Å². The maximum atomic E-state index is 14.5. The maximum Gasteiger partial charge on any atom is 0.182 e. The zero-order valence-electron chi connectivity index (χ0n) is 20.1. The Bertz CT molecular complexity index is 1440. The average molecular weight is 494 g/mol. The lowest BCUT2D eigenvalue weighted by Crippen LogP contribution is -2.61. The third-order valence-corrected chi connectivity index (χ3v) is 9.68. The standard InChI is InChI=1S/C31H27NOS2/c1-30(2)24-13-7-8-14-25(24)32(3)31(30)20-22(26-15-9-17-34-26)19-23(21-11-5-4-6-12-21)28(31)29(33)27-16-10-18-35-27/h4-20,28H,1-3H3/t28-,31-/m0/s1. The quantitative estimate of drug-likeness (QED) is 0.269. The first-order valence-electron chi connectivity index (χ1n) is 11.9. The Morgan fingerprint density at radius 2 is 1.57 bits per heavy atom. The minimum absolute atomic E-state index is 0.185. The van der Waals surface area contributed by atoms with Crippen molar-refractivity contribution in [2.24, 2.45) is 5.92 Å². The molecule has 1 aliphatic heterocycles. The number of hydrogen-bond donors (Lipinski definition) is 0. The first-order chi connectivity index (χ1) is 16.9. The van der Waals surface area contributed by atoms with Crippen LogP contribution in [0.5, 0.6) is 0 Å². The van der Waals surface area contributed by atoms with Gasteiger partial charge in [-0.1, -0.05) is 74.5 Å². The number of likely N-dealkylation sites (N-methyl/N-ethyl adjacent to an activating group) is 1. The first kappa shape index (κ1) is 22.3. The number of nitrogens with zero attached hydrogens (tertiary/aromatic N) is 1. The number of carbonyl (C=O) groups excluding carboxylic acids is 1. The molecule has 2 nitrogen and oxygen atoms in total. The Balaban J connectivity index is 1.69. The first-order valence-corrected chi connectivity index (χ1v) is 13.7. The van der Waals surface area contributed by atoms with Crippen molar-refractivity contribution in [3.8, 4) is 0 Å². The van der Waals surface area contributed by atoms with Crippen LogP contribution in [0, 0.1) is 5.92 Å². The van der Waals surface area contributed by atoms with Crippen LogP contribution in [0.1, 0.15) is 39.5 Å². The molecule has 0 saturated heterocycles. The molecule has 0 fully saturated rings. The highest BCUT2D eigenvalue weighted by atomic mass is 32.1. The van der Waals surface area contributed by atoms with Crippen molar-refractivity contribution in [1.29, 1.82) is 0 Å². The number of hydrogen-bond acceptors (Lipinski definition) is 4. The Labute approximate surface area is 214 Å². The highest BCUT2D eigenvalue weighted by Gasteiger charge is 2.62. The maximum absolute atomic E-state index is 14.5. The molecule has 4 heteroatoms. The van der Waals surface area contributed by atoms with E-state index in [2.05, 4.69) is 104 Å². The minimum atomic E-state index is -0.572. The fourth-order valence-electron chi connectivity index (χ4n) is 6.18. The summed E-state index contributed by atoms with van der Waals surface area (Å²) in [5.41, 5.74) is 4.96. The molecule has 0 radical (unpaired) electrons. The Morgan fingerprint density at radius 3 is 2.26 bits per heavy atom. The molecule has 35 heavy (non-hydrogen) atoms. The number of fused-ring (bicyclic) bond motifs is 1. The topological polar surface area (TPSA) is 20.3 Å². The van der Waals surface area contributed by atoms with E-state index >= 15 is 0 Å². The molecule has 2 aliphatic rings. The van der Waals surface area contributed by atoms with Crippen LogP contribution in [0.15, 0.2) is 102 Å². The van der Waals surface area contributed by atoms with Crippen LogP contribution in [0.2, 0.25) is 0 Å². The van der Waals surface area contributed by atoms with Gasteiger partial charge in [0.2, 0.25) is 0 Å². The van der Waals surface area contributed by atoms with Gasteiger partial charge in [0.1, 0.15) is 0 Å². The molecule has 4 aromatic rings. The lowest BCUT2D eigenvalue weighted by atomic mass is 9.57. The SMILES string of the molecule is CN1c2ccccc2C(C)(C)[C@@]12C=C(c1cccs1)C=C(c1ccccc1)[C@H]2C(=O)c1cccs1. The molecule has 0 amide bonds. The molecule has 0 N–H and O–H groups in total. The summed E-state index contributed by atoms with van der Waals surface area (Å²) >= 11 is 3.28. The fraction of sp³-hybridized carbons (Fsp3) is 0.194. The van der Waals surface area contributed by atoms with Gasteiger partial charge in [-0.2, -0.15) is 0 Å². The molecular formula is C31H27NOS2. The predicted molar refractivity (Wildman–Crippen MR) is 149 cm³/mol. The van der Waals surface area contributed by atoms with Crippen molar-refractivity contribution in [1.82, 2.24) is 0 Å². The Kier molecular flexibility index (Phi) is 5.21. The second kappa shape index (κ2) is 8.18. The van der Waals surface area contributed by atoms with Gasteiger partial charge in [0.05, 0.1) is 16.3 Å². The predicted octanol–water partition coefficient (Wildman–Crippen LogP) is 7.96. The van der Waals surface area contributed by atoms with Crippen LogP contribution in [-0.4, -0.2) is 18.4 Å². The summed E-state index contributed by atoms with van der Waals surface area (Å²) in [7, 11) is 2.17. The third-order valence-electron chi connectivity index (χ3n) is 7.87. The zero-order chi connectivity index (χ0) is 24.2. The molecule has 2 aromatic heterocycles. The zero-order valence-corrected chi connectivity index (χ0v) is 21.7. The number of anilines is 1. The van der Waals surface area contributed by atoms with Crippen LogP contribution < -0.4 is 4.90 Å². The largest absolute Gasteiger partial charge is 0.363 e. The van der Waals surface area contributed by atoms with E-state index < -0.39 is 5.54 Å². The molecule has 2 aromatic carbocycles. The highest BCUT2D eigenvalue weighted by Crippen LogP contribution is 2.60. The number of allylic oxidation sites excluding steroid dienone is 2. The number of ketones is 1. The fourth-order valence-corrected chi connectivity index (χ4v) is 7.59. The van der Waals surface area contributed by atoms with E-state index in [1.54, 1.807) is 11.3 Å². The van der Waals surface area contributed by atoms with Gasteiger partial charge in [-0.3, -0.25) is 4.79 Å². The number of benzene rings is 2. The van der Waals surface area contributed by atoms with E-state index in [1.165, 1.54) is 33.0 Å². The van der Waals surface area contributed by atoms with Crippen LogP contribution in [-0.2, 0) is 5.41 Å². The highest BCUT2D eigenvalue weighted by molar-refractivity contribution is 7.12. The summed E-state index contributed by atoms with van der Waals surface area (Å²) < 4.78 is 0. The summed E-state index contributed by atoms with van der Waals surface area (Å²) in [5, 5.41) is 4.12. The smallest absolute Gasteiger partial charge is 0.182 e. The number of para-hydroxylation sites is 1. The lowest BCUT2D eigenvalue weighted by molar-refractivity contribution is 0.0890. The molecule has 0 saturated carbocycles. The number of thiophene rings is 2. The summed E-state index contributed by atoms with van der Waals surface area (Å²) in [5.74, 6) is -0.177. The van der Waals surface area contributed by atoms with E-state index in [1.807, 2.05) is 23.6 Å². The number of carbonyl (C=O) groups is 1. The molecule has 0 unspecified atom stereocenters. The second-order valence-corrected chi connectivity index (χ2v) is 11.7. The van der Waals surface area contributed by atoms with Gasteiger partial charge in [0.25, 0.3) is 0 Å². The average Bonchev–Trinajstić information content (AvgIpc) is 3.64. The van der Waals surface area contributed by atoms with Gasteiger partial charge in [-0.15, -0.1) is 22.7 Å². The summed E-state index contributed by atoms with van der Waals surface area (Å²) in [6.07, 6.45) is 4.65. The molecule has 1 aliphatic carbocycles. The van der Waals surface area contributed by atoms with E-state index in [4.69, 9.17) is 0 Å². The van der Waals surface area contributed by atoms with Crippen molar-refractivity contribution < 1.29 is 4.79 Å². The van der Waals surface area contributed by atoms with Gasteiger partial charge >= 0.3 is 0 Å². The number of rotatable bonds is 4. The van der Waals surface area contributed by atoms with Gasteiger partial charge in [0.15, 0.2) is 5.78 Å². The molecule has 2 atom stereocenters. The van der Waals surface area contributed by atoms with Crippen molar-refractivity contribution in [2.45, 2.75) is 24.8 Å². The van der Waals surface area contributed by atoms with Gasteiger partial charge in [-0.25, -0.2) is 0 Å². The Hall–Kier alpha value is -3.21. The second-order valence-electron chi connectivity index (χ2n) is 9.84. The van der Waals surface area contributed by atoms with Crippen LogP contribution in [0.4, 0.5) is 5.69 Å². The summed E-state index contributed by atoms with van der Waals surface area (Å²) in [4.78, 5) is 18.9. The van der Waals surface area contributed by atoms with Gasteiger partial charge in [-0.05, 0) is 63.4 Å². The minimum Gasteiger partial charge on any atom is -0.363 e. The molecule has 0 bridgehead atoms. The van der Waals surface area contributed by atoms with Crippen molar-refractivity contribution >= 4 is 45.3 Å². The van der Waals surface area contributed by atoms with Crippen LogP contribution >= 0.6 is 22.7 Å².